The first kappa shape index (κ1) is 15.3. The summed E-state index contributed by atoms with van der Waals surface area (Å²) in [5, 5.41) is 2.69. The van der Waals surface area contributed by atoms with Gasteiger partial charge in [0.15, 0.2) is 11.6 Å². The molecular weight excluding hydrogens is 252 g/mol. The highest BCUT2D eigenvalue weighted by Gasteiger charge is 2.12. The van der Waals surface area contributed by atoms with Crippen LogP contribution in [0.3, 0.4) is 0 Å². The quantitative estimate of drug-likeness (QED) is 0.637. The molecule has 3 nitrogen and oxygen atoms in total. The van der Waals surface area contributed by atoms with E-state index in [-0.39, 0.29) is 24.4 Å². The van der Waals surface area contributed by atoms with Crippen LogP contribution >= 0.6 is 0 Å². The summed E-state index contributed by atoms with van der Waals surface area (Å²) in [7, 11) is 0. The van der Waals surface area contributed by atoms with Crippen LogP contribution in [-0.4, -0.2) is 12.5 Å². The molecule has 0 atom stereocenters. The summed E-state index contributed by atoms with van der Waals surface area (Å²) in [6, 6.07) is 3.05. The monoisotopic (exact) mass is 269 g/mol. The molecule has 5 heteroatoms. The van der Waals surface area contributed by atoms with Crippen LogP contribution in [0, 0.1) is 11.6 Å². The van der Waals surface area contributed by atoms with E-state index in [1.165, 1.54) is 6.07 Å². The Hall–Kier alpha value is -1.75. The summed E-state index contributed by atoms with van der Waals surface area (Å²) in [6.45, 7) is 6.69. The number of aryl methyl sites for hydroxylation is 1. The average Bonchev–Trinajstić information content (AvgIpc) is 2.34. The van der Waals surface area contributed by atoms with Crippen molar-refractivity contribution < 1.29 is 18.3 Å². The van der Waals surface area contributed by atoms with Crippen molar-refractivity contribution in [3.05, 3.63) is 47.2 Å². The predicted molar refractivity (Wildman–Crippen MR) is 68.3 cm³/mol. The van der Waals surface area contributed by atoms with Crippen LogP contribution in [0.15, 0.2) is 24.5 Å². The molecule has 0 unspecified atom stereocenters. The van der Waals surface area contributed by atoms with Gasteiger partial charge in [-0.25, -0.2) is 8.78 Å². The topological polar surface area (TPSA) is 38.3 Å². The molecule has 0 fully saturated rings. The normalized spacial score (nSPS) is 10.3. The Kier molecular flexibility index (Phi) is 5.63. The van der Waals surface area contributed by atoms with Gasteiger partial charge in [-0.2, -0.15) is 0 Å². The largest absolute Gasteiger partial charge is 0.431 e. The summed E-state index contributed by atoms with van der Waals surface area (Å²) >= 11 is 0. The zero-order valence-corrected chi connectivity index (χ0v) is 11.1. The van der Waals surface area contributed by atoms with E-state index < -0.39 is 17.6 Å². The summed E-state index contributed by atoms with van der Waals surface area (Å²) in [5.41, 5.74) is 0.515. The van der Waals surface area contributed by atoms with Gasteiger partial charge in [0, 0.05) is 12.1 Å². The molecule has 0 heterocycles. The lowest BCUT2D eigenvalue weighted by Gasteiger charge is -2.08. The zero-order chi connectivity index (χ0) is 14.4. The first-order chi connectivity index (χ1) is 8.95. The van der Waals surface area contributed by atoms with Crippen molar-refractivity contribution in [2.24, 2.45) is 0 Å². The van der Waals surface area contributed by atoms with Crippen molar-refractivity contribution in [2.45, 2.75) is 26.8 Å². The van der Waals surface area contributed by atoms with E-state index >= 15 is 0 Å². The van der Waals surface area contributed by atoms with Crippen LogP contribution in [0.1, 0.15) is 25.0 Å². The third-order valence-electron chi connectivity index (χ3n) is 2.50. The fourth-order valence-corrected chi connectivity index (χ4v) is 1.57. The average molecular weight is 269 g/mol. The van der Waals surface area contributed by atoms with Crippen molar-refractivity contribution in [3.63, 3.8) is 0 Å². The second-order valence-electron chi connectivity index (χ2n) is 4.14. The molecule has 0 saturated heterocycles. The van der Waals surface area contributed by atoms with Gasteiger partial charge < -0.3 is 10.1 Å². The SMILES string of the molecule is C=C(C)OC(=O)CNCc1ccc(CC)c(F)c1F. The second-order valence-corrected chi connectivity index (χ2v) is 4.14. The van der Waals surface area contributed by atoms with E-state index in [0.717, 1.165) is 0 Å². The van der Waals surface area contributed by atoms with Gasteiger partial charge in [-0.15, -0.1) is 0 Å². The molecule has 1 aromatic carbocycles. The van der Waals surface area contributed by atoms with Crippen LogP contribution in [0.4, 0.5) is 8.78 Å². The minimum absolute atomic E-state index is 0.0536. The Morgan fingerprint density at radius 2 is 1.89 bits per heavy atom. The third-order valence-corrected chi connectivity index (χ3v) is 2.50. The predicted octanol–water partition coefficient (Wildman–Crippen LogP) is 2.69. The number of halogens is 2. The lowest BCUT2D eigenvalue weighted by molar-refractivity contribution is -0.138. The molecule has 104 valence electrons. The van der Waals surface area contributed by atoms with E-state index in [4.69, 9.17) is 4.74 Å². The molecule has 0 aliphatic rings. The fraction of sp³-hybridized carbons (Fsp3) is 0.357. The Morgan fingerprint density at radius 3 is 2.47 bits per heavy atom. The van der Waals surface area contributed by atoms with E-state index in [9.17, 15) is 13.6 Å². The highest BCUT2D eigenvalue weighted by atomic mass is 19.2. The van der Waals surface area contributed by atoms with Crippen molar-refractivity contribution in [1.82, 2.24) is 5.32 Å². The van der Waals surface area contributed by atoms with Gasteiger partial charge in [-0.3, -0.25) is 4.79 Å². The molecule has 0 saturated carbocycles. The molecule has 19 heavy (non-hydrogen) atoms. The Morgan fingerprint density at radius 1 is 1.32 bits per heavy atom. The van der Waals surface area contributed by atoms with Crippen LogP contribution < -0.4 is 5.32 Å². The number of hydrogen-bond acceptors (Lipinski definition) is 3. The molecule has 0 amide bonds. The van der Waals surface area contributed by atoms with Crippen molar-refractivity contribution in [3.8, 4) is 0 Å². The molecular formula is C14H17F2NO2. The number of carbonyl (C=O) groups excluding carboxylic acids is 1. The van der Waals surface area contributed by atoms with Gasteiger partial charge in [0.05, 0.1) is 12.3 Å². The Bertz CT molecular complexity index is 487. The zero-order valence-electron chi connectivity index (χ0n) is 11.1. The van der Waals surface area contributed by atoms with E-state index in [1.54, 1.807) is 19.9 Å². The van der Waals surface area contributed by atoms with E-state index in [1.807, 2.05) is 0 Å². The lowest BCUT2D eigenvalue weighted by atomic mass is 10.1. The minimum atomic E-state index is -0.875. The molecule has 1 N–H and O–H groups in total. The fourth-order valence-electron chi connectivity index (χ4n) is 1.57. The van der Waals surface area contributed by atoms with Gasteiger partial charge in [0.1, 0.15) is 0 Å². The molecule has 0 radical (unpaired) electrons. The van der Waals surface area contributed by atoms with Crippen LogP contribution in [0.5, 0.6) is 0 Å². The van der Waals surface area contributed by atoms with Gasteiger partial charge in [0.25, 0.3) is 0 Å². The molecule has 1 rings (SSSR count). The minimum Gasteiger partial charge on any atom is -0.431 e. The number of hydrogen-bond donors (Lipinski definition) is 1. The van der Waals surface area contributed by atoms with Crippen molar-refractivity contribution in [2.75, 3.05) is 6.54 Å². The summed E-state index contributed by atoms with van der Waals surface area (Å²) in [6.07, 6.45) is 0.432. The summed E-state index contributed by atoms with van der Waals surface area (Å²) < 4.78 is 31.9. The van der Waals surface area contributed by atoms with Gasteiger partial charge in [-0.05, 0) is 18.9 Å². The first-order valence-electron chi connectivity index (χ1n) is 5.98. The maximum atomic E-state index is 13.6. The number of ether oxygens (including phenoxy) is 1. The molecule has 0 aromatic heterocycles. The Balaban J connectivity index is 2.57. The number of allylic oxidation sites excluding steroid dienone is 1. The molecule has 0 aliphatic heterocycles. The molecule has 0 spiro atoms. The van der Waals surface area contributed by atoms with Crippen molar-refractivity contribution in [1.29, 1.82) is 0 Å². The number of benzene rings is 1. The summed E-state index contributed by atoms with van der Waals surface area (Å²) in [4.78, 5) is 11.2. The van der Waals surface area contributed by atoms with Crippen LogP contribution in [0.2, 0.25) is 0 Å². The standard InChI is InChI=1S/C14H17F2NO2/c1-4-10-5-6-11(14(16)13(10)15)7-17-8-12(18)19-9(2)3/h5-6,17H,2,4,7-8H2,1,3H3. The van der Waals surface area contributed by atoms with Crippen LogP contribution in [-0.2, 0) is 22.5 Å². The number of carbonyl (C=O) groups is 1. The highest BCUT2D eigenvalue weighted by Crippen LogP contribution is 2.16. The Labute approximate surface area is 111 Å². The maximum Gasteiger partial charge on any atom is 0.324 e. The smallest absolute Gasteiger partial charge is 0.324 e. The third kappa shape index (κ3) is 4.44. The van der Waals surface area contributed by atoms with E-state index in [0.29, 0.717) is 12.0 Å². The number of rotatable bonds is 6. The number of esters is 1. The first-order valence-corrected chi connectivity index (χ1v) is 5.98. The number of nitrogens with one attached hydrogen (secondary N) is 1. The molecule has 0 aliphatic carbocycles. The second kappa shape index (κ2) is 6.99. The van der Waals surface area contributed by atoms with Crippen molar-refractivity contribution >= 4 is 5.97 Å². The van der Waals surface area contributed by atoms with Gasteiger partial charge in [0.2, 0.25) is 0 Å². The molecule has 1 aromatic rings. The molecule has 0 bridgehead atoms. The maximum absolute atomic E-state index is 13.6. The van der Waals surface area contributed by atoms with Crippen LogP contribution in [0.25, 0.3) is 0 Å². The van der Waals surface area contributed by atoms with E-state index in [2.05, 4.69) is 11.9 Å². The highest BCUT2D eigenvalue weighted by molar-refractivity contribution is 5.72. The summed E-state index contributed by atoms with van der Waals surface area (Å²) in [5.74, 6) is -1.93. The van der Waals surface area contributed by atoms with Gasteiger partial charge in [-0.1, -0.05) is 25.6 Å². The van der Waals surface area contributed by atoms with Gasteiger partial charge >= 0.3 is 5.97 Å². The lowest BCUT2D eigenvalue weighted by Crippen LogP contribution is -2.24.